The van der Waals surface area contributed by atoms with Crippen LogP contribution in [0, 0.1) is 5.82 Å². The third-order valence-corrected chi connectivity index (χ3v) is 6.70. The van der Waals surface area contributed by atoms with Crippen LogP contribution < -0.4 is 10.1 Å². The first kappa shape index (κ1) is 26.3. The van der Waals surface area contributed by atoms with Crippen LogP contribution in [0.3, 0.4) is 0 Å². The second-order valence-electron chi connectivity index (χ2n) is 8.81. The van der Waals surface area contributed by atoms with E-state index in [1.807, 2.05) is 28.0 Å². The molecule has 0 radical (unpaired) electrons. The Balaban J connectivity index is 1.41. The standard InChI is InChI=1S/C26H33FN4O4S/c1-33-23-4-2-3-20(17-23)25(32)30(10-9-29-11-14-34-15-12-29)18-24-19-31(13-16-35-24)26(36)28-22-7-5-21(27)6-8-22/h2-8,17,24H,9-16,18-19H2,1H3,(H,28,36)/t24-/m1/s1. The van der Waals surface area contributed by atoms with Crippen molar-refractivity contribution in [3.05, 3.63) is 59.9 Å². The molecule has 194 valence electrons. The van der Waals surface area contributed by atoms with Gasteiger partial charge in [-0.1, -0.05) is 6.07 Å². The normalized spacial score (nSPS) is 18.5. The molecule has 0 aromatic heterocycles. The van der Waals surface area contributed by atoms with E-state index in [1.54, 1.807) is 25.3 Å². The zero-order chi connectivity index (χ0) is 25.3. The van der Waals surface area contributed by atoms with E-state index in [0.717, 1.165) is 25.3 Å². The predicted octanol–water partition coefficient (Wildman–Crippen LogP) is 2.71. The summed E-state index contributed by atoms with van der Waals surface area (Å²) < 4.78 is 30.0. The fourth-order valence-corrected chi connectivity index (χ4v) is 4.58. The van der Waals surface area contributed by atoms with Crippen LogP contribution in [0.1, 0.15) is 10.4 Å². The summed E-state index contributed by atoms with van der Waals surface area (Å²) >= 11 is 5.60. The van der Waals surface area contributed by atoms with E-state index in [9.17, 15) is 9.18 Å². The predicted molar refractivity (Wildman–Crippen MR) is 140 cm³/mol. The number of thiocarbonyl (C=S) groups is 1. The Kier molecular flexibility index (Phi) is 9.46. The highest BCUT2D eigenvalue weighted by Crippen LogP contribution is 2.17. The van der Waals surface area contributed by atoms with Crippen molar-refractivity contribution in [1.29, 1.82) is 0 Å². The molecule has 1 N–H and O–H groups in total. The summed E-state index contributed by atoms with van der Waals surface area (Å²) in [5.41, 5.74) is 1.31. The SMILES string of the molecule is COc1cccc(C(=O)N(CCN2CCOCC2)C[C@@H]2CN(C(=S)Nc3ccc(F)cc3)CCO2)c1. The van der Waals surface area contributed by atoms with Gasteiger partial charge in [0.25, 0.3) is 5.91 Å². The monoisotopic (exact) mass is 516 g/mol. The summed E-state index contributed by atoms with van der Waals surface area (Å²) in [5.74, 6) is 0.289. The summed E-state index contributed by atoms with van der Waals surface area (Å²) in [6, 6.07) is 13.3. The largest absolute Gasteiger partial charge is 0.497 e. The minimum atomic E-state index is -0.296. The number of benzene rings is 2. The molecule has 2 fully saturated rings. The molecule has 0 unspecified atom stereocenters. The maximum Gasteiger partial charge on any atom is 0.254 e. The molecule has 2 aromatic rings. The van der Waals surface area contributed by atoms with Gasteiger partial charge in [0.1, 0.15) is 11.6 Å². The Labute approximate surface area is 216 Å². The van der Waals surface area contributed by atoms with Crippen LogP contribution in [-0.4, -0.2) is 105 Å². The quantitative estimate of drug-likeness (QED) is 0.538. The van der Waals surface area contributed by atoms with Gasteiger partial charge in [-0.25, -0.2) is 4.39 Å². The molecule has 0 bridgehead atoms. The molecular weight excluding hydrogens is 483 g/mol. The van der Waals surface area contributed by atoms with Crippen LogP contribution in [0.2, 0.25) is 0 Å². The molecule has 2 heterocycles. The smallest absolute Gasteiger partial charge is 0.254 e. The summed E-state index contributed by atoms with van der Waals surface area (Å²) in [4.78, 5) is 19.7. The van der Waals surface area contributed by atoms with Gasteiger partial charge in [0.05, 0.1) is 33.0 Å². The Morgan fingerprint density at radius 2 is 1.94 bits per heavy atom. The zero-order valence-corrected chi connectivity index (χ0v) is 21.3. The lowest BCUT2D eigenvalue weighted by Crippen LogP contribution is -2.52. The Bertz CT molecular complexity index is 1020. The van der Waals surface area contributed by atoms with E-state index in [0.29, 0.717) is 62.4 Å². The summed E-state index contributed by atoms with van der Waals surface area (Å²) in [7, 11) is 1.59. The molecule has 0 saturated carbocycles. The van der Waals surface area contributed by atoms with Crippen molar-refractivity contribution >= 4 is 28.9 Å². The van der Waals surface area contributed by atoms with Crippen molar-refractivity contribution in [2.45, 2.75) is 6.10 Å². The van der Waals surface area contributed by atoms with Crippen molar-refractivity contribution in [2.24, 2.45) is 0 Å². The number of hydrogen-bond donors (Lipinski definition) is 1. The van der Waals surface area contributed by atoms with Gasteiger partial charge in [-0.15, -0.1) is 0 Å². The molecule has 0 spiro atoms. The molecule has 10 heteroatoms. The number of halogens is 1. The van der Waals surface area contributed by atoms with Gasteiger partial charge in [-0.2, -0.15) is 0 Å². The highest BCUT2D eigenvalue weighted by atomic mass is 32.1. The lowest BCUT2D eigenvalue weighted by Gasteiger charge is -2.37. The summed E-state index contributed by atoms with van der Waals surface area (Å²) in [6.45, 7) is 6.61. The number of ether oxygens (including phenoxy) is 3. The third-order valence-electron chi connectivity index (χ3n) is 6.34. The number of morpholine rings is 2. The van der Waals surface area contributed by atoms with Crippen molar-refractivity contribution in [3.8, 4) is 5.75 Å². The van der Waals surface area contributed by atoms with Crippen LogP contribution in [0.4, 0.5) is 10.1 Å². The molecule has 0 aliphatic carbocycles. The number of hydrogen-bond acceptors (Lipinski definition) is 6. The molecule has 8 nitrogen and oxygen atoms in total. The fourth-order valence-electron chi connectivity index (χ4n) is 4.30. The fraction of sp³-hybridized carbons (Fsp3) is 0.462. The second-order valence-corrected chi connectivity index (χ2v) is 9.20. The summed E-state index contributed by atoms with van der Waals surface area (Å²) in [5, 5.41) is 3.71. The van der Waals surface area contributed by atoms with Gasteiger partial charge in [-0.3, -0.25) is 9.69 Å². The van der Waals surface area contributed by atoms with Crippen LogP contribution in [0.15, 0.2) is 48.5 Å². The van der Waals surface area contributed by atoms with Gasteiger partial charge in [0.2, 0.25) is 0 Å². The van der Waals surface area contributed by atoms with E-state index >= 15 is 0 Å². The minimum Gasteiger partial charge on any atom is -0.497 e. The molecule has 2 aliphatic rings. The van der Waals surface area contributed by atoms with E-state index in [4.69, 9.17) is 26.4 Å². The second kappa shape index (κ2) is 13.0. The number of nitrogens with zero attached hydrogens (tertiary/aromatic N) is 3. The van der Waals surface area contributed by atoms with Crippen LogP contribution in [-0.2, 0) is 9.47 Å². The van der Waals surface area contributed by atoms with E-state index in [2.05, 4.69) is 10.2 Å². The average molecular weight is 517 g/mol. The van der Waals surface area contributed by atoms with Gasteiger partial charge >= 0.3 is 0 Å². The molecule has 36 heavy (non-hydrogen) atoms. The molecule has 1 amide bonds. The van der Waals surface area contributed by atoms with Crippen molar-refractivity contribution in [1.82, 2.24) is 14.7 Å². The third kappa shape index (κ3) is 7.36. The van der Waals surface area contributed by atoms with E-state index in [1.165, 1.54) is 12.1 Å². The van der Waals surface area contributed by atoms with Crippen LogP contribution in [0.5, 0.6) is 5.75 Å². The molecule has 2 aromatic carbocycles. The zero-order valence-electron chi connectivity index (χ0n) is 20.5. The lowest BCUT2D eigenvalue weighted by molar-refractivity contribution is -0.0228. The maximum atomic E-state index is 13.5. The topological polar surface area (TPSA) is 66.5 Å². The summed E-state index contributed by atoms with van der Waals surface area (Å²) in [6.07, 6.45) is -0.203. The number of nitrogens with one attached hydrogen (secondary N) is 1. The maximum absolute atomic E-state index is 13.5. The first-order valence-electron chi connectivity index (χ1n) is 12.2. The van der Waals surface area contributed by atoms with Crippen molar-refractivity contribution in [3.63, 3.8) is 0 Å². The number of methoxy groups -OCH3 is 1. The van der Waals surface area contributed by atoms with Gasteiger partial charge in [0, 0.05) is 57.1 Å². The lowest BCUT2D eigenvalue weighted by atomic mass is 10.1. The van der Waals surface area contributed by atoms with Crippen LogP contribution >= 0.6 is 12.2 Å². The van der Waals surface area contributed by atoms with E-state index in [-0.39, 0.29) is 17.8 Å². The highest BCUT2D eigenvalue weighted by molar-refractivity contribution is 7.80. The van der Waals surface area contributed by atoms with E-state index < -0.39 is 0 Å². The van der Waals surface area contributed by atoms with Gasteiger partial charge < -0.3 is 29.3 Å². The van der Waals surface area contributed by atoms with Crippen LogP contribution in [0.25, 0.3) is 0 Å². The first-order chi connectivity index (χ1) is 17.5. The number of carbonyl (C=O) groups is 1. The molecule has 1 atom stereocenters. The Hall–Kier alpha value is -2.79. The molecule has 4 rings (SSSR count). The average Bonchev–Trinajstić information content (AvgIpc) is 2.92. The minimum absolute atomic E-state index is 0.0603. The Morgan fingerprint density at radius 1 is 1.17 bits per heavy atom. The van der Waals surface area contributed by atoms with Crippen molar-refractivity contribution in [2.75, 3.05) is 78.1 Å². The van der Waals surface area contributed by atoms with Gasteiger partial charge in [-0.05, 0) is 54.7 Å². The number of rotatable bonds is 8. The first-order valence-corrected chi connectivity index (χ1v) is 12.6. The number of amides is 1. The molecular formula is C26H33FN4O4S. The number of anilines is 1. The number of carbonyl (C=O) groups excluding carboxylic acids is 1. The van der Waals surface area contributed by atoms with Crippen molar-refractivity contribution < 1.29 is 23.4 Å². The molecule has 2 aliphatic heterocycles. The van der Waals surface area contributed by atoms with Gasteiger partial charge in [0.15, 0.2) is 5.11 Å². The highest BCUT2D eigenvalue weighted by Gasteiger charge is 2.27. The Morgan fingerprint density at radius 3 is 2.69 bits per heavy atom. The molecule has 2 saturated heterocycles.